The molecule has 2 aromatic heterocycles. The molecule has 0 aliphatic carbocycles. The number of piperazine rings is 1. The standard InChI is InChI=1S/C29H36N8O2/c1-20(34(2)3)31-22-7-6-8-24(17-22)37-27(38)12-9-21-19-30-29(33-28(21)37)32-25-11-10-23(18-26(25)39-5)36-15-13-35(4)14-16-36/h6-12,17-20,31H,13-16H2,1-5H3,(H,30,32,33). The van der Waals surface area contributed by atoms with E-state index in [0.29, 0.717) is 17.3 Å². The normalized spacial score (nSPS) is 15.0. The Hall–Kier alpha value is -4.15. The maximum absolute atomic E-state index is 13.1. The first kappa shape index (κ1) is 26.5. The zero-order chi connectivity index (χ0) is 27.5. The largest absolute Gasteiger partial charge is 0.494 e. The quantitative estimate of drug-likeness (QED) is 0.333. The molecule has 0 saturated carbocycles. The smallest absolute Gasteiger partial charge is 0.256 e. The van der Waals surface area contributed by atoms with Crippen LogP contribution in [0.3, 0.4) is 0 Å². The summed E-state index contributed by atoms with van der Waals surface area (Å²) in [5, 5.41) is 7.51. The summed E-state index contributed by atoms with van der Waals surface area (Å²) in [5.74, 6) is 1.08. The Labute approximate surface area is 228 Å². The molecule has 10 nitrogen and oxygen atoms in total. The molecule has 1 unspecified atom stereocenters. The van der Waals surface area contributed by atoms with Crippen LogP contribution in [0.1, 0.15) is 6.92 Å². The Morgan fingerprint density at radius 3 is 2.54 bits per heavy atom. The van der Waals surface area contributed by atoms with Gasteiger partial charge >= 0.3 is 0 Å². The monoisotopic (exact) mass is 528 g/mol. The topological polar surface area (TPSA) is 90.8 Å². The summed E-state index contributed by atoms with van der Waals surface area (Å²) >= 11 is 0. The maximum Gasteiger partial charge on any atom is 0.256 e. The van der Waals surface area contributed by atoms with Crippen LogP contribution in [0.4, 0.5) is 23.0 Å². The van der Waals surface area contributed by atoms with Gasteiger partial charge in [-0.15, -0.1) is 0 Å². The van der Waals surface area contributed by atoms with E-state index in [2.05, 4.69) is 50.4 Å². The SMILES string of the molecule is COc1cc(N2CCN(C)CC2)ccc1Nc1ncc2ccc(=O)n(-c3cccc(NC(C)N(C)C)c3)c2n1. The molecule has 1 aliphatic rings. The van der Waals surface area contributed by atoms with Crippen LogP contribution in [0, 0.1) is 0 Å². The lowest BCUT2D eigenvalue weighted by Crippen LogP contribution is -2.44. The number of methoxy groups -OCH3 is 1. The van der Waals surface area contributed by atoms with Crippen LogP contribution < -0.4 is 25.8 Å². The second kappa shape index (κ2) is 11.3. The lowest BCUT2D eigenvalue weighted by molar-refractivity contribution is 0.312. The number of rotatable bonds is 8. The van der Waals surface area contributed by atoms with Crippen LogP contribution in [0.25, 0.3) is 16.7 Å². The Bertz CT molecular complexity index is 1510. The molecule has 2 N–H and O–H groups in total. The fourth-order valence-electron chi connectivity index (χ4n) is 4.60. The molecule has 0 bridgehead atoms. The number of ether oxygens (including phenoxy) is 1. The summed E-state index contributed by atoms with van der Waals surface area (Å²) in [5.41, 5.74) is 3.86. The first-order chi connectivity index (χ1) is 18.8. The highest BCUT2D eigenvalue weighted by molar-refractivity contribution is 5.78. The Morgan fingerprint density at radius 1 is 1.00 bits per heavy atom. The van der Waals surface area contributed by atoms with E-state index >= 15 is 0 Å². The van der Waals surface area contributed by atoms with Crippen molar-refractivity contribution in [3.63, 3.8) is 0 Å². The van der Waals surface area contributed by atoms with E-state index in [4.69, 9.17) is 9.72 Å². The zero-order valence-corrected chi connectivity index (χ0v) is 23.2. The number of benzene rings is 2. The Kier molecular flexibility index (Phi) is 7.67. The molecule has 3 heterocycles. The predicted molar refractivity (Wildman–Crippen MR) is 158 cm³/mol. The summed E-state index contributed by atoms with van der Waals surface area (Å²) in [7, 11) is 7.83. The van der Waals surface area contributed by atoms with Crippen molar-refractivity contribution in [3.05, 3.63) is 71.1 Å². The number of aromatic nitrogens is 3. The number of pyridine rings is 1. The molecule has 1 aliphatic heterocycles. The van der Waals surface area contributed by atoms with Gasteiger partial charge in [0.25, 0.3) is 5.56 Å². The van der Waals surface area contributed by atoms with E-state index in [-0.39, 0.29) is 11.7 Å². The minimum Gasteiger partial charge on any atom is -0.494 e. The third-order valence-electron chi connectivity index (χ3n) is 7.19. The highest BCUT2D eigenvalue weighted by Gasteiger charge is 2.17. The van der Waals surface area contributed by atoms with Crippen LogP contribution in [0.2, 0.25) is 0 Å². The van der Waals surface area contributed by atoms with Gasteiger partial charge in [-0.1, -0.05) is 6.07 Å². The molecular weight excluding hydrogens is 492 g/mol. The zero-order valence-electron chi connectivity index (χ0n) is 23.2. The molecule has 0 radical (unpaired) electrons. The van der Waals surface area contributed by atoms with Gasteiger partial charge in [-0.3, -0.25) is 14.3 Å². The van der Waals surface area contributed by atoms with Crippen LogP contribution in [0.5, 0.6) is 5.75 Å². The summed E-state index contributed by atoms with van der Waals surface area (Å²) in [6, 6.07) is 17.2. The highest BCUT2D eigenvalue weighted by atomic mass is 16.5. The molecule has 0 amide bonds. The number of nitrogens with one attached hydrogen (secondary N) is 2. The Morgan fingerprint density at radius 2 is 1.79 bits per heavy atom. The van der Waals surface area contributed by atoms with E-state index < -0.39 is 0 Å². The molecule has 2 aromatic carbocycles. The first-order valence-corrected chi connectivity index (χ1v) is 13.1. The molecule has 1 atom stereocenters. The average molecular weight is 529 g/mol. The van der Waals surface area contributed by atoms with Gasteiger partial charge in [0.1, 0.15) is 5.75 Å². The number of likely N-dealkylation sites (N-methyl/N-ethyl adjacent to an activating group) is 1. The molecule has 0 spiro atoms. The first-order valence-electron chi connectivity index (χ1n) is 13.1. The molecular formula is C29H36N8O2. The molecule has 5 rings (SSSR count). The molecule has 1 saturated heterocycles. The Balaban J connectivity index is 1.47. The van der Waals surface area contributed by atoms with Crippen molar-refractivity contribution in [1.82, 2.24) is 24.3 Å². The minimum absolute atomic E-state index is 0.125. The van der Waals surface area contributed by atoms with Crippen molar-refractivity contribution < 1.29 is 4.74 Å². The number of fused-ring (bicyclic) bond motifs is 1. The van der Waals surface area contributed by atoms with Crippen LogP contribution in [-0.2, 0) is 0 Å². The van der Waals surface area contributed by atoms with E-state index in [1.54, 1.807) is 30.0 Å². The number of anilines is 4. The second-order valence-corrected chi connectivity index (χ2v) is 10.1. The average Bonchev–Trinajstić information content (AvgIpc) is 2.93. The number of nitrogens with zero attached hydrogens (tertiary/aromatic N) is 6. The maximum atomic E-state index is 13.1. The summed E-state index contributed by atoms with van der Waals surface area (Å²) in [6.07, 6.45) is 1.85. The van der Waals surface area contributed by atoms with E-state index in [0.717, 1.165) is 54.3 Å². The van der Waals surface area contributed by atoms with Gasteiger partial charge in [0, 0.05) is 61.3 Å². The van der Waals surface area contributed by atoms with Gasteiger partial charge in [0.2, 0.25) is 5.95 Å². The van der Waals surface area contributed by atoms with E-state index in [1.807, 2.05) is 50.5 Å². The predicted octanol–water partition coefficient (Wildman–Crippen LogP) is 3.60. The third-order valence-corrected chi connectivity index (χ3v) is 7.19. The van der Waals surface area contributed by atoms with Gasteiger partial charge in [-0.2, -0.15) is 4.98 Å². The van der Waals surface area contributed by atoms with Crippen LogP contribution in [-0.4, -0.2) is 84.9 Å². The molecule has 204 valence electrons. The van der Waals surface area contributed by atoms with E-state index in [9.17, 15) is 4.79 Å². The minimum atomic E-state index is -0.168. The van der Waals surface area contributed by atoms with Gasteiger partial charge < -0.3 is 25.2 Å². The lowest BCUT2D eigenvalue weighted by atomic mass is 10.2. The highest BCUT2D eigenvalue weighted by Crippen LogP contribution is 2.32. The van der Waals surface area contributed by atoms with Gasteiger partial charge in [-0.25, -0.2) is 4.98 Å². The molecule has 10 heteroatoms. The summed E-state index contributed by atoms with van der Waals surface area (Å²) in [4.78, 5) is 29.1. The number of hydrogen-bond donors (Lipinski definition) is 2. The fourth-order valence-corrected chi connectivity index (χ4v) is 4.60. The summed E-state index contributed by atoms with van der Waals surface area (Å²) < 4.78 is 7.32. The van der Waals surface area contributed by atoms with Crippen LogP contribution in [0.15, 0.2) is 65.6 Å². The summed E-state index contributed by atoms with van der Waals surface area (Å²) in [6.45, 7) is 6.09. The van der Waals surface area contributed by atoms with Crippen molar-refractivity contribution in [2.45, 2.75) is 13.1 Å². The van der Waals surface area contributed by atoms with Crippen molar-refractivity contribution >= 4 is 34.0 Å². The van der Waals surface area contributed by atoms with Gasteiger partial charge in [0.05, 0.1) is 24.7 Å². The lowest BCUT2D eigenvalue weighted by Gasteiger charge is -2.34. The van der Waals surface area contributed by atoms with Crippen molar-refractivity contribution in [2.75, 3.05) is 70.0 Å². The van der Waals surface area contributed by atoms with Crippen molar-refractivity contribution in [3.8, 4) is 11.4 Å². The van der Waals surface area contributed by atoms with Crippen LogP contribution >= 0.6 is 0 Å². The number of hydrogen-bond acceptors (Lipinski definition) is 9. The molecule has 4 aromatic rings. The third kappa shape index (κ3) is 5.81. The van der Waals surface area contributed by atoms with Crippen molar-refractivity contribution in [2.24, 2.45) is 0 Å². The van der Waals surface area contributed by atoms with E-state index in [1.165, 1.54) is 0 Å². The van der Waals surface area contributed by atoms with Gasteiger partial charge in [0.15, 0.2) is 5.65 Å². The second-order valence-electron chi connectivity index (χ2n) is 10.1. The van der Waals surface area contributed by atoms with Gasteiger partial charge in [-0.05, 0) is 64.5 Å². The molecule has 1 fully saturated rings. The van der Waals surface area contributed by atoms with Crippen molar-refractivity contribution in [1.29, 1.82) is 0 Å². The fraction of sp³-hybridized carbons (Fsp3) is 0.345. The molecule has 39 heavy (non-hydrogen) atoms.